The van der Waals surface area contributed by atoms with E-state index in [9.17, 15) is 9.18 Å². The number of hydrogen-bond donors (Lipinski definition) is 1. The quantitative estimate of drug-likeness (QED) is 0.807. The van der Waals surface area contributed by atoms with E-state index in [2.05, 4.69) is 26.2 Å². The average Bonchev–Trinajstić information content (AvgIpc) is 3.39. The maximum Gasteiger partial charge on any atom is 0.257 e. The van der Waals surface area contributed by atoms with Gasteiger partial charge in [-0.05, 0) is 64.9 Å². The second-order valence-corrected chi connectivity index (χ2v) is 6.94. The lowest BCUT2D eigenvalue weighted by atomic mass is 10.1. The van der Waals surface area contributed by atoms with E-state index < -0.39 is 0 Å². The number of pyridine rings is 1. The van der Waals surface area contributed by atoms with Gasteiger partial charge in [0.05, 0.1) is 6.61 Å². The van der Waals surface area contributed by atoms with Gasteiger partial charge in [-0.25, -0.2) is 9.37 Å². The van der Waals surface area contributed by atoms with Crippen molar-refractivity contribution in [2.75, 3.05) is 6.61 Å². The maximum absolute atomic E-state index is 13.6. The highest BCUT2D eigenvalue weighted by Gasteiger charge is 2.23. The molecule has 1 aliphatic carbocycles. The Morgan fingerprint density at radius 1 is 1.42 bits per heavy atom. The minimum atomic E-state index is -0.296. The van der Waals surface area contributed by atoms with Gasteiger partial charge >= 0.3 is 0 Å². The Labute approximate surface area is 148 Å². The molecule has 1 aromatic carbocycles. The van der Waals surface area contributed by atoms with Gasteiger partial charge in [-0.1, -0.05) is 12.1 Å². The lowest BCUT2D eigenvalue weighted by molar-refractivity contribution is 0.0945. The normalized spacial score (nSPS) is 13.6. The summed E-state index contributed by atoms with van der Waals surface area (Å²) in [5.74, 6) is 0.328. The number of hydrogen-bond acceptors (Lipinski definition) is 3. The zero-order valence-electron chi connectivity index (χ0n) is 13.3. The summed E-state index contributed by atoms with van der Waals surface area (Å²) < 4.78 is 19.9. The lowest BCUT2D eigenvalue weighted by Crippen LogP contribution is -2.24. The minimum absolute atomic E-state index is 0.241. The molecule has 0 bridgehead atoms. The highest BCUT2D eigenvalue weighted by Crippen LogP contribution is 2.30. The maximum atomic E-state index is 13.6. The van der Waals surface area contributed by atoms with E-state index in [0.29, 0.717) is 39.6 Å². The predicted molar refractivity (Wildman–Crippen MR) is 92.5 cm³/mol. The van der Waals surface area contributed by atoms with Gasteiger partial charge in [-0.3, -0.25) is 4.79 Å². The van der Waals surface area contributed by atoms with Crippen LogP contribution in [0.4, 0.5) is 4.39 Å². The molecule has 0 radical (unpaired) electrons. The van der Waals surface area contributed by atoms with Crippen LogP contribution in [0.2, 0.25) is 0 Å². The van der Waals surface area contributed by atoms with Gasteiger partial charge in [0.1, 0.15) is 11.4 Å². The van der Waals surface area contributed by atoms with E-state index >= 15 is 0 Å². The van der Waals surface area contributed by atoms with Crippen LogP contribution in [0.15, 0.2) is 34.9 Å². The number of rotatable bonds is 6. The monoisotopic (exact) mass is 392 g/mol. The van der Waals surface area contributed by atoms with Crippen molar-refractivity contribution in [3.05, 3.63) is 57.4 Å². The fourth-order valence-corrected chi connectivity index (χ4v) is 2.54. The van der Waals surface area contributed by atoms with Crippen molar-refractivity contribution in [1.29, 1.82) is 0 Å². The first-order chi connectivity index (χ1) is 11.5. The smallest absolute Gasteiger partial charge is 0.257 e. The molecule has 1 saturated carbocycles. The van der Waals surface area contributed by atoms with Gasteiger partial charge < -0.3 is 10.1 Å². The van der Waals surface area contributed by atoms with E-state index in [1.165, 1.54) is 6.07 Å². The molecule has 126 valence electrons. The van der Waals surface area contributed by atoms with Crippen LogP contribution < -0.4 is 10.1 Å². The topological polar surface area (TPSA) is 51.2 Å². The van der Waals surface area contributed by atoms with Crippen molar-refractivity contribution in [1.82, 2.24) is 10.3 Å². The molecule has 0 aliphatic heterocycles. The molecule has 0 spiro atoms. The number of amides is 1. The minimum Gasteiger partial charge on any atom is -0.477 e. The summed E-state index contributed by atoms with van der Waals surface area (Å²) in [6, 6.07) is 6.60. The number of carbonyl (C=O) groups is 1. The first-order valence-electron chi connectivity index (χ1n) is 7.84. The van der Waals surface area contributed by atoms with Crippen molar-refractivity contribution in [3.8, 4) is 5.88 Å². The summed E-state index contributed by atoms with van der Waals surface area (Å²) in [6.45, 7) is 2.52. The van der Waals surface area contributed by atoms with Crippen LogP contribution >= 0.6 is 15.9 Å². The van der Waals surface area contributed by atoms with Crippen LogP contribution in [0, 0.1) is 18.7 Å². The van der Waals surface area contributed by atoms with Gasteiger partial charge in [0.25, 0.3) is 5.91 Å². The number of ether oxygens (including phenoxy) is 1. The third-order valence-electron chi connectivity index (χ3n) is 3.90. The molecule has 0 saturated heterocycles. The Balaban J connectivity index is 1.68. The molecule has 1 aromatic heterocycles. The zero-order chi connectivity index (χ0) is 17.1. The van der Waals surface area contributed by atoms with E-state index in [-0.39, 0.29) is 18.3 Å². The van der Waals surface area contributed by atoms with E-state index in [4.69, 9.17) is 4.74 Å². The van der Waals surface area contributed by atoms with Crippen LogP contribution in [-0.4, -0.2) is 17.5 Å². The fourth-order valence-electron chi connectivity index (χ4n) is 2.21. The molecule has 1 fully saturated rings. The summed E-state index contributed by atoms with van der Waals surface area (Å²) in [5, 5.41) is 2.79. The Morgan fingerprint density at radius 3 is 2.92 bits per heavy atom. The van der Waals surface area contributed by atoms with Crippen molar-refractivity contribution >= 4 is 21.8 Å². The number of benzene rings is 1. The first-order valence-corrected chi connectivity index (χ1v) is 8.64. The number of nitrogens with one attached hydrogen (secondary N) is 1. The Bertz CT molecular complexity index is 763. The standard InChI is InChI=1S/C18H18BrFN2O2/c1-11-2-3-13(6-16(11)20)8-21-17(23)15-7-14(19)9-22-18(15)24-10-12-4-5-12/h2-3,6-7,9,12H,4-5,8,10H2,1H3,(H,21,23). The third-order valence-corrected chi connectivity index (χ3v) is 4.34. The SMILES string of the molecule is Cc1ccc(CNC(=O)c2cc(Br)cnc2OCC2CC2)cc1F. The first kappa shape index (κ1) is 16.9. The van der Waals surface area contributed by atoms with Crippen molar-refractivity contribution in [2.24, 2.45) is 5.92 Å². The highest BCUT2D eigenvalue weighted by atomic mass is 79.9. The van der Waals surface area contributed by atoms with Gasteiger partial charge in [0.15, 0.2) is 0 Å². The number of aryl methyl sites for hydroxylation is 1. The summed E-state index contributed by atoms with van der Waals surface area (Å²) in [6.07, 6.45) is 3.93. The van der Waals surface area contributed by atoms with E-state index in [1.54, 1.807) is 31.3 Å². The largest absolute Gasteiger partial charge is 0.477 e. The van der Waals surface area contributed by atoms with Gasteiger partial charge in [-0.2, -0.15) is 0 Å². The van der Waals surface area contributed by atoms with Crippen molar-refractivity contribution in [3.63, 3.8) is 0 Å². The van der Waals surface area contributed by atoms with Crippen LogP contribution in [0.5, 0.6) is 5.88 Å². The number of aromatic nitrogens is 1. The molecular weight excluding hydrogens is 375 g/mol. The van der Waals surface area contributed by atoms with E-state index in [1.807, 2.05) is 0 Å². The molecule has 1 N–H and O–H groups in total. The third kappa shape index (κ3) is 4.32. The molecule has 1 aliphatic rings. The molecule has 3 rings (SSSR count). The second-order valence-electron chi connectivity index (χ2n) is 6.03. The molecule has 4 nitrogen and oxygen atoms in total. The van der Waals surface area contributed by atoms with Gasteiger partial charge in [-0.15, -0.1) is 0 Å². The number of halogens is 2. The molecular formula is C18H18BrFN2O2. The fraction of sp³-hybridized carbons (Fsp3) is 0.333. The van der Waals surface area contributed by atoms with Crippen molar-refractivity contribution in [2.45, 2.75) is 26.3 Å². The Kier molecular flexibility index (Phi) is 5.14. The van der Waals surface area contributed by atoms with Crippen LogP contribution in [-0.2, 0) is 6.54 Å². The Morgan fingerprint density at radius 2 is 2.21 bits per heavy atom. The van der Waals surface area contributed by atoms with Crippen LogP contribution in [0.25, 0.3) is 0 Å². The van der Waals surface area contributed by atoms with Gasteiger partial charge in [0.2, 0.25) is 5.88 Å². The summed E-state index contributed by atoms with van der Waals surface area (Å²) in [5.41, 5.74) is 1.66. The zero-order valence-corrected chi connectivity index (χ0v) is 14.9. The molecule has 0 unspecified atom stereocenters. The highest BCUT2D eigenvalue weighted by molar-refractivity contribution is 9.10. The molecule has 6 heteroatoms. The number of carbonyl (C=O) groups excluding carboxylic acids is 1. The van der Waals surface area contributed by atoms with Crippen LogP contribution in [0.3, 0.4) is 0 Å². The van der Waals surface area contributed by atoms with Crippen LogP contribution in [0.1, 0.15) is 34.3 Å². The summed E-state index contributed by atoms with van der Waals surface area (Å²) >= 11 is 3.32. The lowest BCUT2D eigenvalue weighted by Gasteiger charge is -2.11. The molecule has 24 heavy (non-hydrogen) atoms. The molecule has 1 heterocycles. The summed E-state index contributed by atoms with van der Waals surface area (Å²) in [4.78, 5) is 16.6. The number of nitrogens with zero attached hydrogens (tertiary/aromatic N) is 1. The molecule has 2 aromatic rings. The van der Waals surface area contributed by atoms with Gasteiger partial charge in [0, 0.05) is 17.2 Å². The molecule has 1 amide bonds. The van der Waals surface area contributed by atoms with E-state index in [0.717, 1.165) is 12.8 Å². The van der Waals surface area contributed by atoms with Crippen molar-refractivity contribution < 1.29 is 13.9 Å². The average molecular weight is 393 g/mol. The second kappa shape index (κ2) is 7.30. The summed E-state index contributed by atoms with van der Waals surface area (Å²) in [7, 11) is 0. The Hall–Kier alpha value is -1.95. The predicted octanol–water partition coefficient (Wildman–Crippen LogP) is 4.01. The molecule has 0 atom stereocenters.